The standard InChI is InChI=1S/C14H18N2O2S/c1-19(17,18)14-7-3-6-13(14)16-10-12-5-2-4-11(8-12)9-15/h2,4-5,8,13-14,16H,3,6-7,10H2,1H3. The molecule has 2 unspecified atom stereocenters. The van der Waals surface area contributed by atoms with Crippen molar-refractivity contribution in [2.75, 3.05) is 6.26 Å². The molecule has 1 N–H and O–H groups in total. The zero-order chi connectivity index (χ0) is 13.9. The van der Waals surface area contributed by atoms with Crippen LogP contribution in [-0.4, -0.2) is 26.0 Å². The van der Waals surface area contributed by atoms with Gasteiger partial charge >= 0.3 is 0 Å². The predicted molar refractivity (Wildman–Crippen MR) is 74.3 cm³/mol. The van der Waals surface area contributed by atoms with Crippen molar-refractivity contribution in [1.29, 1.82) is 5.26 Å². The quantitative estimate of drug-likeness (QED) is 0.908. The second kappa shape index (κ2) is 5.72. The van der Waals surface area contributed by atoms with E-state index >= 15 is 0 Å². The third-order valence-electron chi connectivity index (χ3n) is 3.63. The molecule has 0 spiro atoms. The molecule has 19 heavy (non-hydrogen) atoms. The van der Waals surface area contributed by atoms with Crippen molar-refractivity contribution >= 4 is 9.84 Å². The zero-order valence-electron chi connectivity index (χ0n) is 11.0. The van der Waals surface area contributed by atoms with Crippen molar-refractivity contribution in [1.82, 2.24) is 5.32 Å². The first-order valence-electron chi connectivity index (χ1n) is 6.42. The van der Waals surface area contributed by atoms with Crippen LogP contribution >= 0.6 is 0 Å². The molecule has 2 atom stereocenters. The van der Waals surface area contributed by atoms with E-state index in [1.165, 1.54) is 6.26 Å². The molecule has 1 saturated carbocycles. The summed E-state index contributed by atoms with van der Waals surface area (Å²) in [5, 5.41) is 11.9. The van der Waals surface area contributed by atoms with Crippen molar-refractivity contribution in [2.24, 2.45) is 0 Å². The van der Waals surface area contributed by atoms with Crippen LogP contribution in [0.15, 0.2) is 24.3 Å². The average molecular weight is 278 g/mol. The summed E-state index contributed by atoms with van der Waals surface area (Å²) in [6.07, 6.45) is 3.91. The molecule has 0 heterocycles. The molecule has 4 nitrogen and oxygen atoms in total. The lowest BCUT2D eigenvalue weighted by molar-refractivity contribution is 0.507. The van der Waals surface area contributed by atoms with E-state index in [9.17, 15) is 8.42 Å². The second-order valence-electron chi connectivity index (χ2n) is 5.10. The largest absolute Gasteiger partial charge is 0.309 e. The lowest BCUT2D eigenvalue weighted by atomic mass is 10.1. The summed E-state index contributed by atoms with van der Waals surface area (Å²) in [6, 6.07) is 9.51. The first-order valence-corrected chi connectivity index (χ1v) is 8.37. The summed E-state index contributed by atoms with van der Waals surface area (Å²) in [7, 11) is -2.98. The fraction of sp³-hybridized carbons (Fsp3) is 0.500. The van der Waals surface area contributed by atoms with Gasteiger partial charge < -0.3 is 5.32 Å². The van der Waals surface area contributed by atoms with E-state index in [0.717, 1.165) is 24.8 Å². The van der Waals surface area contributed by atoms with Gasteiger partial charge in [-0.1, -0.05) is 18.6 Å². The molecular weight excluding hydrogens is 260 g/mol. The van der Waals surface area contributed by atoms with Crippen molar-refractivity contribution in [2.45, 2.75) is 37.1 Å². The van der Waals surface area contributed by atoms with Gasteiger partial charge in [0.15, 0.2) is 9.84 Å². The van der Waals surface area contributed by atoms with Gasteiger partial charge in [0.1, 0.15) is 0 Å². The lowest BCUT2D eigenvalue weighted by Gasteiger charge is -2.19. The van der Waals surface area contributed by atoms with E-state index in [0.29, 0.717) is 12.1 Å². The van der Waals surface area contributed by atoms with Crippen molar-refractivity contribution in [3.05, 3.63) is 35.4 Å². The van der Waals surface area contributed by atoms with E-state index in [1.54, 1.807) is 6.07 Å². The number of nitrogens with zero attached hydrogens (tertiary/aromatic N) is 1. The maximum Gasteiger partial charge on any atom is 0.151 e. The molecule has 1 aliphatic rings. The van der Waals surface area contributed by atoms with Gasteiger partial charge in [-0.2, -0.15) is 5.26 Å². The minimum Gasteiger partial charge on any atom is -0.309 e. The Kier molecular flexibility index (Phi) is 4.23. The van der Waals surface area contributed by atoms with Gasteiger partial charge in [0.2, 0.25) is 0 Å². The van der Waals surface area contributed by atoms with Crippen LogP contribution in [0.1, 0.15) is 30.4 Å². The SMILES string of the molecule is CS(=O)(=O)C1CCCC1NCc1cccc(C#N)c1. The van der Waals surface area contributed by atoms with Crippen LogP contribution < -0.4 is 5.32 Å². The molecule has 0 radical (unpaired) electrons. The highest BCUT2D eigenvalue weighted by Crippen LogP contribution is 2.25. The number of hydrogen-bond donors (Lipinski definition) is 1. The topological polar surface area (TPSA) is 70.0 Å². The van der Waals surface area contributed by atoms with Crippen molar-refractivity contribution < 1.29 is 8.42 Å². The molecule has 0 aromatic heterocycles. The number of rotatable bonds is 4. The first kappa shape index (κ1) is 14.0. The summed E-state index contributed by atoms with van der Waals surface area (Å²) in [6.45, 7) is 0.603. The number of benzene rings is 1. The van der Waals surface area contributed by atoms with Gasteiger partial charge in [0.05, 0.1) is 16.9 Å². The summed E-state index contributed by atoms with van der Waals surface area (Å²) in [5.74, 6) is 0. The average Bonchev–Trinajstić information content (AvgIpc) is 2.85. The Morgan fingerprint density at radius 2 is 2.21 bits per heavy atom. The van der Waals surface area contributed by atoms with E-state index in [2.05, 4.69) is 11.4 Å². The summed E-state index contributed by atoms with van der Waals surface area (Å²) in [5.41, 5.74) is 1.64. The maximum atomic E-state index is 11.7. The lowest BCUT2D eigenvalue weighted by Crippen LogP contribution is -2.39. The predicted octanol–water partition coefficient (Wildman–Crippen LogP) is 1.61. The normalized spacial score (nSPS) is 23.2. The number of sulfone groups is 1. The van der Waals surface area contributed by atoms with Crippen LogP contribution in [0.3, 0.4) is 0 Å². The molecule has 102 valence electrons. The zero-order valence-corrected chi connectivity index (χ0v) is 11.8. The van der Waals surface area contributed by atoms with Crippen LogP contribution in [0.5, 0.6) is 0 Å². The molecule has 1 aliphatic carbocycles. The molecule has 1 fully saturated rings. The smallest absolute Gasteiger partial charge is 0.151 e. The van der Waals surface area contributed by atoms with Gasteiger partial charge in [-0.15, -0.1) is 0 Å². The van der Waals surface area contributed by atoms with E-state index in [1.807, 2.05) is 18.2 Å². The van der Waals surface area contributed by atoms with E-state index in [-0.39, 0.29) is 11.3 Å². The fourth-order valence-electron chi connectivity index (χ4n) is 2.67. The van der Waals surface area contributed by atoms with E-state index in [4.69, 9.17) is 5.26 Å². The number of nitrogens with one attached hydrogen (secondary N) is 1. The first-order chi connectivity index (χ1) is 9.00. The fourth-order valence-corrected chi connectivity index (χ4v) is 4.10. The van der Waals surface area contributed by atoms with Crippen LogP contribution in [0, 0.1) is 11.3 Å². The summed E-state index contributed by atoms with van der Waals surface area (Å²) < 4.78 is 23.3. The summed E-state index contributed by atoms with van der Waals surface area (Å²) in [4.78, 5) is 0. The highest BCUT2D eigenvalue weighted by molar-refractivity contribution is 7.91. The molecule has 0 aliphatic heterocycles. The molecular formula is C14H18N2O2S. The maximum absolute atomic E-state index is 11.7. The minimum atomic E-state index is -2.98. The van der Waals surface area contributed by atoms with Gasteiger partial charge in [0.25, 0.3) is 0 Å². The molecule has 0 amide bonds. The highest BCUT2D eigenvalue weighted by Gasteiger charge is 2.34. The number of hydrogen-bond acceptors (Lipinski definition) is 4. The van der Waals surface area contributed by atoms with Gasteiger partial charge in [-0.3, -0.25) is 0 Å². The van der Waals surface area contributed by atoms with Gasteiger partial charge in [0, 0.05) is 18.8 Å². The third kappa shape index (κ3) is 3.55. The van der Waals surface area contributed by atoms with Crippen molar-refractivity contribution in [3.63, 3.8) is 0 Å². The Morgan fingerprint density at radius 1 is 1.42 bits per heavy atom. The number of nitriles is 1. The van der Waals surface area contributed by atoms with Gasteiger partial charge in [-0.25, -0.2) is 8.42 Å². The Hall–Kier alpha value is -1.38. The van der Waals surface area contributed by atoms with E-state index < -0.39 is 9.84 Å². The molecule has 0 bridgehead atoms. The highest BCUT2D eigenvalue weighted by atomic mass is 32.2. The van der Waals surface area contributed by atoms with Crippen LogP contribution in [0.25, 0.3) is 0 Å². The monoisotopic (exact) mass is 278 g/mol. The molecule has 1 aromatic rings. The summed E-state index contributed by atoms with van der Waals surface area (Å²) >= 11 is 0. The van der Waals surface area contributed by atoms with Crippen LogP contribution in [0.4, 0.5) is 0 Å². The molecule has 1 aromatic carbocycles. The molecule has 5 heteroatoms. The Morgan fingerprint density at radius 3 is 2.89 bits per heavy atom. The Balaban J connectivity index is 2.00. The molecule has 0 saturated heterocycles. The third-order valence-corrected chi connectivity index (χ3v) is 5.29. The van der Waals surface area contributed by atoms with Crippen LogP contribution in [0.2, 0.25) is 0 Å². The Bertz CT molecular complexity index is 590. The van der Waals surface area contributed by atoms with Crippen LogP contribution in [-0.2, 0) is 16.4 Å². The van der Waals surface area contributed by atoms with Gasteiger partial charge in [-0.05, 0) is 30.5 Å². The minimum absolute atomic E-state index is 0.0285. The molecule has 2 rings (SSSR count). The second-order valence-corrected chi connectivity index (χ2v) is 7.36. The van der Waals surface area contributed by atoms with Crippen molar-refractivity contribution in [3.8, 4) is 6.07 Å². The Labute approximate surface area is 114 Å².